The lowest BCUT2D eigenvalue weighted by atomic mass is 10.3. The van der Waals surface area contributed by atoms with E-state index in [0.717, 1.165) is 5.69 Å². The topological polar surface area (TPSA) is 59.1 Å². The van der Waals surface area contributed by atoms with Crippen molar-refractivity contribution in [2.45, 2.75) is 13.0 Å². The molecule has 6 heteroatoms. The van der Waals surface area contributed by atoms with E-state index in [-0.39, 0.29) is 11.8 Å². The summed E-state index contributed by atoms with van der Waals surface area (Å²) in [6.07, 6.45) is 1.24. The first kappa shape index (κ1) is 11.6. The van der Waals surface area contributed by atoms with Gasteiger partial charge in [0, 0.05) is 24.2 Å². The molecular formula is C8H14N2O2S2. The lowest BCUT2D eigenvalue weighted by Crippen LogP contribution is -2.25. The summed E-state index contributed by atoms with van der Waals surface area (Å²) in [6.45, 7) is 2.44. The van der Waals surface area contributed by atoms with Crippen LogP contribution in [0.1, 0.15) is 18.7 Å². The quantitative estimate of drug-likeness (QED) is 0.820. The smallest absolute Gasteiger partial charge is 0.148 e. The molecule has 80 valence electrons. The Morgan fingerprint density at radius 3 is 2.86 bits per heavy atom. The number of nitrogens with zero attached hydrogens (tertiary/aromatic N) is 1. The number of sulfone groups is 1. The van der Waals surface area contributed by atoms with Crippen LogP contribution in [0.2, 0.25) is 0 Å². The first-order chi connectivity index (χ1) is 6.49. The van der Waals surface area contributed by atoms with Crippen molar-refractivity contribution in [1.29, 1.82) is 0 Å². The van der Waals surface area contributed by atoms with Crippen LogP contribution in [0.5, 0.6) is 0 Å². The van der Waals surface area contributed by atoms with Crippen molar-refractivity contribution in [2.24, 2.45) is 0 Å². The van der Waals surface area contributed by atoms with Crippen molar-refractivity contribution >= 4 is 21.2 Å². The molecule has 0 aliphatic heterocycles. The molecule has 0 bridgehead atoms. The molecule has 0 saturated carbocycles. The van der Waals surface area contributed by atoms with Crippen LogP contribution in [0.15, 0.2) is 10.9 Å². The fourth-order valence-electron chi connectivity index (χ4n) is 1.00. The predicted octanol–water partition coefficient (Wildman–Crippen LogP) is 0.838. The average Bonchev–Trinajstić information content (AvgIpc) is 2.53. The lowest BCUT2D eigenvalue weighted by molar-refractivity contribution is 0.569. The predicted molar refractivity (Wildman–Crippen MR) is 58.2 cm³/mol. The highest BCUT2D eigenvalue weighted by molar-refractivity contribution is 7.90. The van der Waals surface area contributed by atoms with E-state index in [1.807, 2.05) is 12.3 Å². The van der Waals surface area contributed by atoms with E-state index in [4.69, 9.17) is 0 Å². The minimum absolute atomic E-state index is 0.114. The van der Waals surface area contributed by atoms with Crippen molar-refractivity contribution in [3.8, 4) is 0 Å². The summed E-state index contributed by atoms with van der Waals surface area (Å²) in [4.78, 5) is 4.14. The Morgan fingerprint density at radius 2 is 2.36 bits per heavy atom. The molecular weight excluding hydrogens is 220 g/mol. The van der Waals surface area contributed by atoms with Crippen molar-refractivity contribution < 1.29 is 8.42 Å². The minimum atomic E-state index is -2.87. The van der Waals surface area contributed by atoms with Crippen molar-refractivity contribution in [3.05, 3.63) is 16.6 Å². The molecule has 1 aromatic heterocycles. The normalized spacial score (nSPS) is 14.1. The summed E-state index contributed by atoms with van der Waals surface area (Å²) >= 11 is 1.54. The number of rotatable bonds is 5. The Labute approximate surface area is 88.3 Å². The van der Waals surface area contributed by atoms with E-state index in [1.165, 1.54) is 17.6 Å². The van der Waals surface area contributed by atoms with Gasteiger partial charge < -0.3 is 5.32 Å². The Morgan fingerprint density at radius 1 is 1.64 bits per heavy atom. The summed E-state index contributed by atoms with van der Waals surface area (Å²) in [5.74, 6) is 0.168. The highest BCUT2D eigenvalue weighted by atomic mass is 32.2. The van der Waals surface area contributed by atoms with E-state index in [0.29, 0.717) is 6.54 Å². The fraction of sp³-hybridized carbons (Fsp3) is 0.625. The molecule has 0 amide bonds. The molecule has 0 saturated heterocycles. The van der Waals surface area contributed by atoms with Crippen molar-refractivity contribution in [1.82, 2.24) is 10.3 Å². The zero-order valence-electron chi connectivity index (χ0n) is 8.23. The van der Waals surface area contributed by atoms with Gasteiger partial charge in [0.05, 0.1) is 17.0 Å². The van der Waals surface area contributed by atoms with Crippen LogP contribution in [-0.2, 0) is 9.84 Å². The summed E-state index contributed by atoms with van der Waals surface area (Å²) < 4.78 is 21.7. The molecule has 0 spiro atoms. The van der Waals surface area contributed by atoms with Crippen LogP contribution in [-0.4, -0.2) is 32.0 Å². The van der Waals surface area contributed by atoms with E-state index in [1.54, 1.807) is 5.51 Å². The Kier molecular flexibility index (Phi) is 4.03. The van der Waals surface area contributed by atoms with E-state index >= 15 is 0 Å². The van der Waals surface area contributed by atoms with Gasteiger partial charge in [-0.15, -0.1) is 11.3 Å². The summed E-state index contributed by atoms with van der Waals surface area (Å²) in [5.41, 5.74) is 2.73. The summed E-state index contributed by atoms with van der Waals surface area (Å²) in [6, 6.07) is 0.114. The molecule has 0 radical (unpaired) electrons. The van der Waals surface area contributed by atoms with Gasteiger partial charge in [0.25, 0.3) is 0 Å². The van der Waals surface area contributed by atoms with Gasteiger partial charge in [-0.25, -0.2) is 13.4 Å². The van der Waals surface area contributed by atoms with Crippen LogP contribution < -0.4 is 5.32 Å². The van der Waals surface area contributed by atoms with Crippen LogP contribution in [0.3, 0.4) is 0 Å². The number of nitrogens with one attached hydrogen (secondary N) is 1. The maximum absolute atomic E-state index is 10.8. The molecule has 0 aromatic carbocycles. The van der Waals surface area contributed by atoms with Gasteiger partial charge in [-0.3, -0.25) is 0 Å². The fourth-order valence-corrected chi connectivity index (χ4v) is 2.14. The van der Waals surface area contributed by atoms with Crippen LogP contribution in [0.4, 0.5) is 0 Å². The van der Waals surface area contributed by atoms with E-state index in [2.05, 4.69) is 10.3 Å². The number of aromatic nitrogens is 1. The summed E-state index contributed by atoms with van der Waals surface area (Å²) in [5, 5.41) is 5.06. The molecule has 0 fully saturated rings. The SMILES string of the molecule is CC(NCCS(C)(=O)=O)c1cscn1. The molecule has 1 rings (SSSR count). The molecule has 0 aliphatic carbocycles. The highest BCUT2D eigenvalue weighted by Gasteiger charge is 2.07. The van der Waals surface area contributed by atoms with Gasteiger partial charge in [0.2, 0.25) is 0 Å². The van der Waals surface area contributed by atoms with Crippen molar-refractivity contribution in [2.75, 3.05) is 18.6 Å². The second-order valence-corrected chi connectivity index (χ2v) is 6.20. The summed E-state index contributed by atoms with van der Waals surface area (Å²) in [7, 11) is -2.87. The van der Waals surface area contributed by atoms with Gasteiger partial charge in [-0.1, -0.05) is 0 Å². The van der Waals surface area contributed by atoms with Crippen molar-refractivity contribution in [3.63, 3.8) is 0 Å². The zero-order chi connectivity index (χ0) is 10.6. The highest BCUT2D eigenvalue weighted by Crippen LogP contribution is 2.11. The Hall–Kier alpha value is -0.460. The van der Waals surface area contributed by atoms with Crippen LogP contribution >= 0.6 is 11.3 Å². The molecule has 0 aliphatic rings. The number of hydrogen-bond acceptors (Lipinski definition) is 5. The Bertz CT molecular complexity index is 359. The standard InChI is InChI=1S/C8H14N2O2S2/c1-7(8-5-13-6-10-8)9-3-4-14(2,11)12/h5-7,9H,3-4H2,1-2H3. The molecule has 14 heavy (non-hydrogen) atoms. The molecule has 1 unspecified atom stereocenters. The van der Waals surface area contributed by atoms with Gasteiger partial charge in [0.15, 0.2) is 0 Å². The van der Waals surface area contributed by atoms with Gasteiger partial charge in [-0.2, -0.15) is 0 Å². The third kappa shape index (κ3) is 4.17. The van der Waals surface area contributed by atoms with E-state index < -0.39 is 9.84 Å². The second kappa shape index (κ2) is 4.86. The molecule has 4 nitrogen and oxygen atoms in total. The first-order valence-electron chi connectivity index (χ1n) is 4.28. The minimum Gasteiger partial charge on any atom is -0.308 e. The van der Waals surface area contributed by atoms with Crippen LogP contribution in [0.25, 0.3) is 0 Å². The largest absolute Gasteiger partial charge is 0.308 e. The van der Waals surface area contributed by atoms with E-state index in [9.17, 15) is 8.42 Å². The number of hydrogen-bond donors (Lipinski definition) is 1. The van der Waals surface area contributed by atoms with Gasteiger partial charge in [-0.05, 0) is 6.92 Å². The molecule has 1 N–H and O–H groups in total. The van der Waals surface area contributed by atoms with Gasteiger partial charge in [0.1, 0.15) is 9.84 Å². The maximum atomic E-state index is 10.8. The monoisotopic (exact) mass is 234 g/mol. The maximum Gasteiger partial charge on any atom is 0.148 e. The van der Waals surface area contributed by atoms with Gasteiger partial charge >= 0.3 is 0 Å². The van der Waals surface area contributed by atoms with Crippen LogP contribution in [0, 0.1) is 0 Å². The zero-order valence-corrected chi connectivity index (χ0v) is 9.86. The Balaban J connectivity index is 2.33. The number of thiazole rings is 1. The second-order valence-electron chi connectivity index (χ2n) is 3.22. The molecule has 1 heterocycles. The first-order valence-corrected chi connectivity index (χ1v) is 7.28. The average molecular weight is 234 g/mol. The molecule has 1 atom stereocenters. The molecule has 1 aromatic rings. The third-order valence-corrected chi connectivity index (χ3v) is 3.37. The third-order valence-electron chi connectivity index (χ3n) is 1.82. The lowest BCUT2D eigenvalue weighted by Gasteiger charge is -2.10.